The van der Waals surface area contributed by atoms with Crippen LogP contribution in [0, 0.1) is 6.92 Å². The lowest BCUT2D eigenvalue weighted by Crippen LogP contribution is -2.48. The molecule has 0 bridgehead atoms. The first-order valence-electron chi connectivity index (χ1n) is 14.7. The van der Waals surface area contributed by atoms with Crippen molar-refractivity contribution in [1.82, 2.24) is 9.88 Å². The number of carboxylic acid groups (broad SMARTS) is 1. The van der Waals surface area contributed by atoms with E-state index in [1.54, 1.807) is 24.9 Å². The number of methoxy groups -OCH3 is 1. The van der Waals surface area contributed by atoms with Gasteiger partial charge in [-0.2, -0.15) is 13.2 Å². The number of anilines is 1. The van der Waals surface area contributed by atoms with Crippen LogP contribution in [-0.4, -0.2) is 54.7 Å². The van der Waals surface area contributed by atoms with E-state index < -0.39 is 23.3 Å². The van der Waals surface area contributed by atoms with Gasteiger partial charge in [0.2, 0.25) is 0 Å². The molecule has 7 nitrogen and oxygen atoms in total. The van der Waals surface area contributed by atoms with Crippen LogP contribution in [0.1, 0.15) is 35.5 Å². The van der Waals surface area contributed by atoms with Crippen molar-refractivity contribution in [3.63, 3.8) is 0 Å². The zero-order valence-electron chi connectivity index (χ0n) is 26.0. The third-order valence-corrected chi connectivity index (χ3v) is 10.1. The smallest absolute Gasteiger partial charge is 0.416 e. The molecule has 3 aromatic carbocycles. The van der Waals surface area contributed by atoms with Gasteiger partial charge in [0.25, 0.3) is 0 Å². The van der Waals surface area contributed by atoms with E-state index >= 15 is 0 Å². The van der Waals surface area contributed by atoms with Gasteiger partial charge >= 0.3 is 6.18 Å². The minimum Gasteiger partial charge on any atom is -0.546 e. The Morgan fingerprint density at radius 2 is 1.74 bits per heavy atom. The minimum atomic E-state index is -4.40. The van der Waals surface area contributed by atoms with E-state index in [4.69, 9.17) is 14.5 Å². The van der Waals surface area contributed by atoms with Crippen molar-refractivity contribution >= 4 is 34.8 Å². The second-order valence-corrected chi connectivity index (χ2v) is 13.7. The number of nitrogens with zero attached hydrogens (tertiary/aromatic N) is 3. The first kappa shape index (κ1) is 33.6. The predicted octanol–water partition coefficient (Wildman–Crippen LogP) is 6.67. The second kappa shape index (κ2) is 13.9. The van der Waals surface area contributed by atoms with Crippen molar-refractivity contribution in [1.29, 1.82) is 0 Å². The first-order chi connectivity index (χ1) is 21.8. The predicted molar refractivity (Wildman–Crippen MR) is 173 cm³/mol. The van der Waals surface area contributed by atoms with Crippen molar-refractivity contribution in [2.45, 2.75) is 49.7 Å². The lowest BCUT2D eigenvalue weighted by molar-refractivity contribution is -0.320. The molecule has 1 aliphatic heterocycles. The van der Waals surface area contributed by atoms with Gasteiger partial charge in [-0.05, 0) is 68.8 Å². The summed E-state index contributed by atoms with van der Waals surface area (Å²) in [5, 5.41) is 12.1. The van der Waals surface area contributed by atoms with Crippen LogP contribution in [-0.2, 0) is 23.3 Å². The highest BCUT2D eigenvalue weighted by Gasteiger charge is 2.30. The third-order valence-electron chi connectivity index (χ3n) is 7.77. The minimum absolute atomic E-state index is 0.467. The fourth-order valence-electron chi connectivity index (χ4n) is 5.02. The summed E-state index contributed by atoms with van der Waals surface area (Å²) in [5.41, 5.74) is 1.31. The Labute approximate surface area is 275 Å². The summed E-state index contributed by atoms with van der Waals surface area (Å²) >= 11 is 3.10. The van der Waals surface area contributed by atoms with E-state index in [1.165, 1.54) is 37.3 Å². The van der Waals surface area contributed by atoms with Crippen LogP contribution in [0.2, 0.25) is 0 Å². The maximum atomic E-state index is 13.2. The Morgan fingerprint density at radius 1 is 1.02 bits per heavy atom. The maximum absolute atomic E-state index is 13.2. The molecule has 2 heterocycles. The number of aliphatic carboxylic acids is 1. The van der Waals surface area contributed by atoms with E-state index in [2.05, 4.69) is 15.9 Å². The zero-order chi connectivity index (χ0) is 33.1. The van der Waals surface area contributed by atoms with E-state index in [0.717, 1.165) is 70.8 Å². The SMILES string of the molecule is COc1cccc(N2CCN(Cc3nc(-c4ccc(C(F)(F)F)cc4)sc3CSc3ccc(OC(C)(C)C(=O)[O-])c(C)c3)CC2)c1. The molecule has 0 amide bonds. The Hall–Kier alpha value is -3.74. The molecular formula is C34H35F3N3O4S2-. The van der Waals surface area contributed by atoms with Crippen molar-refractivity contribution < 1.29 is 32.5 Å². The first-order valence-corrected chi connectivity index (χ1v) is 16.5. The zero-order valence-corrected chi connectivity index (χ0v) is 27.7. The van der Waals surface area contributed by atoms with Crippen LogP contribution in [0.15, 0.2) is 71.6 Å². The highest BCUT2D eigenvalue weighted by Crippen LogP contribution is 2.37. The molecule has 0 radical (unpaired) electrons. The molecule has 0 unspecified atom stereocenters. The number of alkyl halides is 3. The van der Waals surface area contributed by atoms with Crippen molar-refractivity contribution in [2.75, 3.05) is 38.2 Å². The standard InChI is InChI=1S/C34H36F3N3O4S2/c1-22-18-27(12-13-29(22)44-33(2,3)32(41)42)45-21-30-28(38-31(46-30)23-8-10-24(11-9-23)34(35,36)37)20-39-14-16-40(17-15-39)25-6-5-7-26(19-25)43-4/h5-13,18-19H,14-17,20-21H2,1-4H3,(H,41,42)/p-1. The van der Waals surface area contributed by atoms with Crippen LogP contribution in [0.5, 0.6) is 11.5 Å². The fraction of sp³-hybridized carbons (Fsp3) is 0.353. The molecule has 244 valence electrons. The number of halogens is 3. The summed E-state index contributed by atoms with van der Waals surface area (Å²) in [5.74, 6) is 0.601. The average molecular weight is 671 g/mol. The third kappa shape index (κ3) is 8.15. The fourth-order valence-corrected chi connectivity index (χ4v) is 7.19. The highest BCUT2D eigenvalue weighted by atomic mass is 32.2. The number of thiazole rings is 1. The lowest BCUT2D eigenvalue weighted by Gasteiger charge is -2.36. The van der Waals surface area contributed by atoms with E-state index in [0.29, 0.717) is 28.6 Å². The van der Waals surface area contributed by atoms with Gasteiger partial charge in [0.15, 0.2) is 0 Å². The Kier molecular flexibility index (Phi) is 10.2. The molecule has 1 aliphatic rings. The Bertz CT molecular complexity index is 1670. The molecular weight excluding hydrogens is 636 g/mol. The normalized spacial score (nSPS) is 14.4. The number of aromatic nitrogens is 1. The maximum Gasteiger partial charge on any atom is 0.416 e. The van der Waals surface area contributed by atoms with Gasteiger partial charge in [-0.3, -0.25) is 4.90 Å². The van der Waals surface area contributed by atoms with Gasteiger partial charge in [0.05, 0.1) is 24.3 Å². The van der Waals surface area contributed by atoms with Gasteiger partial charge in [-0.25, -0.2) is 4.98 Å². The summed E-state index contributed by atoms with van der Waals surface area (Å²) in [6.45, 7) is 8.73. The highest BCUT2D eigenvalue weighted by molar-refractivity contribution is 7.98. The van der Waals surface area contributed by atoms with E-state index in [9.17, 15) is 23.1 Å². The van der Waals surface area contributed by atoms with Crippen molar-refractivity contribution in [3.05, 3.63) is 88.4 Å². The van der Waals surface area contributed by atoms with Crippen LogP contribution >= 0.6 is 23.1 Å². The number of rotatable bonds is 11. The number of hydrogen-bond donors (Lipinski definition) is 0. The number of ether oxygens (including phenoxy) is 2. The monoisotopic (exact) mass is 670 g/mol. The largest absolute Gasteiger partial charge is 0.546 e. The quantitative estimate of drug-likeness (QED) is 0.164. The van der Waals surface area contributed by atoms with Gasteiger partial charge in [0.1, 0.15) is 22.1 Å². The topological polar surface area (TPSA) is 78.0 Å². The molecule has 0 aliphatic carbocycles. The van der Waals surface area contributed by atoms with E-state index in [-0.39, 0.29) is 0 Å². The number of piperazine rings is 1. The number of benzene rings is 3. The van der Waals surface area contributed by atoms with E-state index in [1.807, 2.05) is 37.3 Å². The Morgan fingerprint density at radius 3 is 2.37 bits per heavy atom. The van der Waals surface area contributed by atoms with Crippen LogP contribution in [0.25, 0.3) is 10.6 Å². The summed E-state index contributed by atoms with van der Waals surface area (Å²) in [6, 6.07) is 18.8. The molecule has 0 saturated carbocycles. The number of carbonyl (C=O) groups excluding carboxylic acids is 1. The molecule has 0 N–H and O–H groups in total. The molecule has 1 saturated heterocycles. The lowest BCUT2D eigenvalue weighted by atomic mass is 10.1. The number of thioether (sulfide) groups is 1. The van der Waals surface area contributed by atoms with Crippen molar-refractivity contribution in [2.24, 2.45) is 0 Å². The molecule has 46 heavy (non-hydrogen) atoms. The second-order valence-electron chi connectivity index (χ2n) is 11.5. The number of aryl methyl sites for hydroxylation is 1. The van der Waals surface area contributed by atoms with Crippen LogP contribution < -0.4 is 19.5 Å². The van der Waals surface area contributed by atoms with Gasteiger partial charge < -0.3 is 24.3 Å². The summed E-state index contributed by atoms with van der Waals surface area (Å²) in [4.78, 5) is 23.0. The molecule has 1 fully saturated rings. The Balaban J connectivity index is 1.32. The molecule has 0 spiro atoms. The molecule has 0 atom stereocenters. The van der Waals surface area contributed by atoms with Gasteiger partial charge in [0, 0.05) is 65.6 Å². The summed E-state index contributed by atoms with van der Waals surface area (Å²) in [6.07, 6.45) is -4.40. The average Bonchev–Trinajstić information content (AvgIpc) is 3.43. The van der Waals surface area contributed by atoms with Crippen molar-refractivity contribution in [3.8, 4) is 22.1 Å². The molecule has 1 aromatic heterocycles. The molecule has 5 rings (SSSR count). The van der Waals surface area contributed by atoms with Gasteiger partial charge in [-0.1, -0.05) is 18.2 Å². The van der Waals surface area contributed by atoms with Crippen LogP contribution in [0.4, 0.5) is 18.9 Å². The summed E-state index contributed by atoms with van der Waals surface area (Å²) in [7, 11) is 1.66. The number of carbonyl (C=O) groups is 1. The van der Waals surface area contributed by atoms with Crippen LogP contribution in [0.3, 0.4) is 0 Å². The number of carboxylic acids is 1. The number of hydrogen-bond acceptors (Lipinski definition) is 9. The van der Waals surface area contributed by atoms with Gasteiger partial charge in [-0.15, -0.1) is 23.1 Å². The molecule has 12 heteroatoms. The summed E-state index contributed by atoms with van der Waals surface area (Å²) < 4.78 is 50.6. The molecule has 4 aromatic rings.